The van der Waals surface area contributed by atoms with Gasteiger partial charge in [-0.1, -0.05) is 25.1 Å². The van der Waals surface area contributed by atoms with Crippen LogP contribution in [0.15, 0.2) is 30.3 Å². The number of nitrogens with zero attached hydrogens (tertiary/aromatic N) is 1. The van der Waals surface area contributed by atoms with Crippen molar-refractivity contribution in [3.63, 3.8) is 0 Å². The average molecular weight is 254 g/mol. The predicted octanol–water partition coefficient (Wildman–Crippen LogP) is 3.55. The van der Waals surface area contributed by atoms with Crippen LogP contribution in [0, 0.1) is 12.3 Å². The molecule has 0 atom stereocenters. The molecule has 0 aliphatic heterocycles. The molecule has 0 radical (unpaired) electrons. The molecule has 1 aromatic heterocycles. The maximum atomic E-state index is 5.35. The Labute approximate surface area is 115 Å². The van der Waals surface area contributed by atoms with Crippen LogP contribution in [-0.2, 0) is 13.1 Å². The quantitative estimate of drug-likeness (QED) is 0.590. The second-order valence-corrected chi connectivity index (χ2v) is 4.83. The van der Waals surface area contributed by atoms with Gasteiger partial charge in [0.1, 0.15) is 0 Å². The van der Waals surface area contributed by atoms with Crippen molar-refractivity contribution >= 4 is 10.9 Å². The summed E-state index contributed by atoms with van der Waals surface area (Å²) < 4.78 is 2.40. The van der Waals surface area contributed by atoms with Gasteiger partial charge in [-0.15, -0.1) is 12.3 Å². The van der Waals surface area contributed by atoms with E-state index in [9.17, 15) is 0 Å². The number of aryl methyl sites for hydroxylation is 1. The van der Waals surface area contributed by atoms with Crippen LogP contribution in [0.4, 0.5) is 0 Å². The molecule has 19 heavy (non-hydrogen) atoms. The van der Waals surface area contributed by atoms with E-state index in [2.05, 4.69) is 53.1 Å². The van der Waals surface area contributed by atoms with Crippen LogP contribution in [0.2, 0.25) is 0 Å². The molecule has 0 fully saturated rings. The Bertz CT molecular complexity index is 560. The maximum absolute atomic E-state index is 5.35. The summed E-state index contributed by atoms with van der Waals surface area (Å²) in [5.41, 5.74) is 2.67. The molecule has 1 aromatic carbocycles. The zero-order valence-electron chi connectivity index (χ0n) is 11.7. The molecule has 0 saturated carbocycles. The lowest BCUT2D eigenvalue weighted by Crippen LogP contribution is -2.17. The fourth-order valence-corrected chi connectivity index (χ4v) is 2.41. The molecule has 1 heterocycles. The third kappa shape index (κ3) is 3.39. The number of rotatable bonds is 7. The molecule has 2 heteroatoms. The van der Waals surface area contributed by atoms with Crippen LogP contribution in [-0.4, -0.2) is 11.1 Å². The lowest BCUT2D eigenvalue weighted by atomic mass is 10.2. The van der Waals surface area contributed by atoms with E-state index in [0.29, 0.717) is 0 Å². The van der Waals surface area contributed by atoms with Crippen molar-refractivity contribution in [1.82, 2.24) is 9.88 Å². The Balaban J connectivity index is 2.21. The molecule has 2 rings (SSSR count). The standard InChI is InChI=1S/C17H22N2/c1-3-5-8-12-19-16(14-18-11-4-2)13-15-9-6-7-10-17(15)19/h1,6-7,9-10,13,18H,4-5,8,11-12,14H2,2H3. The summed E-state index contributed by atoms with van der Waals surface area (Å²) in [7, 11) is 0. The molecule has 2 aromatic rings. The molecule has 100 valence electrons. The van der Waals surface area contributed by atoms with Crippen molar-refractivity contribution < 1.29 is 0 Å². The topological polar surface area (TPSA) is 17.0 Å². The highest BCUT2D eigenvalue weighted by molar-refractivity contribution is 5.81. The van der Waals surface area contributed by atoms with Crippen molar-refractivity contribution in [3.8, 4) is 12.3 Å². The summed E-state index contributed by atoms with van der Waals surface area (Å²) in [6, 6.07) is 10.8. The Morgan fingerprint density at radius 3 is 2.95 bits per heavy atom. The molecule has 1 N–H and O–H groups in total. The Hall–Kier alpha value is -1.72. The van der Waals surface area contributed by atoms with Crippen LogP contribution in [0.3, 0.4) is 0 Å². The number of terminal acetylenes is 1. The molecular weight excluding hydrogens is 232 g/mol. The second-order valence-electron chi connectivity index (χ2n) is 4.83. The first-order valence-electron chi connectivity index (χ1n) is 7.08. The third-order valence-corrected chi connectivity index (χ3v) is 3.33. The van der Waals surface area contributed by atoms with Gasteiger partial charge in [0.25, 0.3) is 0 Å². The largest absolute Gasteiger partial charge is 0.343 e. The second kappa shape index (κ2) is 7.01. The van der Waals surface area contributed by atoms with E-state index in [0.717, 1.165) is 38.9 Å². The highest BCUT2D eigenvalue weighted by Gasteiger charge is 2.07. The molecular formula is C17H22N2. The van der Waals surface area contributed by atoms with Gasteiger partial charge in [0.15, 0.2) is 0 Å². The minimum Gasteiger partial charge on any atom is -0.343 e. The van der Waals surface area contributed by atoms with E-state index in [1.54, 1.807) is 0 Å². The van der Waals surface area contributed by atoms with Gasteiger partial charge in [-0.2, -0.15) is 0 Å². The average Bonchev–Trinajstić information content (AvgIpc) is 2.78. The summed E-state index contributed by atoms with van der Waals surface area (Å²) in [5.74, 6) is 2.72. The number of hydrogen-bond acceptors (Lipinski definition) is 1. The van der Waals surface area contributed by atoms with E-state index in [-0.39, 0.29) is 0 Å². The molecule has 0 bridgehead atoms. The number of fused-ring (bicyclic) bond motifs is 1. The number of unbranched alkanes of at least 4 members (excludes halogenated alkanes) is 1. The minimum atomic E-state index is 0.842. The number of nitrogens with one attached hydrogen (secondary N) is 1. The minimum absolute atomic E-state index is 0.842. The molecule has 0 amide bonds. The van der Waals surface area contributed by atoms with Gasteiger partial charge in [0.05, 0.1) is 0 Å². The summed E-state index contributed by atoms with van der Waals surface area (Å²) in [6.45, 7) is 5.18. The van der Waals surface area contributed by atoms with E-state index in [4.69, 9.17) is 6.42 Å². The molecule has 2 nitrogen and oxygen atoms in total. The Morgan fingerprint density at radius 2 is 2.16 bits per heavy atom. The first-order chi connectivity index (χ1) is 9.36. The molecule has 0 saturated heterocycles. The molecule has 0 unspecified atom stereocenters. The molecule has 0 spiro atoms. The Kier molecular flexibility index (Phi) is 5.06. The van der Waals surface area contributed by atoms with Gasteiger partial charge < -0.3 is 9.88 Å². The van der Waals surface area contributed by atoms with E-state index >= 15 is 0 Å². The van der Waals surface area contributed by atoms with Crippen molar-refractivity contribution in [2.24, 2.45) is 0 Å². The van der Waals surface area contributed by atoms with Gasteiger partial charge in [-0.05, 0) is 36.9 Å². The lowest BCUT2D eigenvalue weighted by Gasteiger charge is -2.10. The van der Waals surface area contributed by atoms with Crippen molar-refractivity contribution in [1.29, 1.82) is 0 Å². The van der Waals surface area contributed by atoms with Crippen LogP contribution in [0.5, 0.6) is 0 Å². The summed E-state index contributed by atoms with van der Waals surface area (Å²) in [6.07, 6.45) is 8.39. The third-order valence-electron chi connectivity index (χ3n) is 3.33. The summed E-state index contributed by atoms with van der Waals surface area (Å²) in [5, 5.41) is 4.80. The number of aromatic nitrogens is 1. The van der Waals surface area contributed by atoms with E-state index < -0.39 is 0 Å². The highest BCUT2D eigenvalue weighted by atomic mass is 15.0. The lowest BCUT2D eigenvalue weighted by molar-refractivity contribution is 0.600. The summed E-state index contributed by atoms with van der Waals surface area (Å²) in [4.78, 5) is 0. The van der Waals surface area contributed by atoms with Gasteiger partial charge >= 0.3 is 0 Å². The summed E-state index contributed by atoms with van der Waals surface area (Å²) >= 11 is 0. The number of hydrogen-bond donors (Lipinski definition) is 1. The fraction of sp³-hybridized carbons (Fsp3) is 0.412. The van der Waals surface area contributed by atoms with Gasteiger partial charge in [-0.25, -0.2) is 0 Å². The first kappa shape index (κ1) is 13.7. The van der Waals surface area contributed by atoms with Crippen LogP contribution < -0.4 is 5.32 Å². The van der Waals surface area contributed by atoms with Crippen molar-refractivity contribution in [2.75, 3.05) is 6.54 Å². The SMILES string of the molecule is C#CCCCn1c(CNCCC)cc2ccccc21. The predicted molar refractivity (Wildman–Crippen MR) is 82.0 cm³/mol. The van der Waals surface area contributed by atoms with Crippen LogP contribution >= 0.6 is 0 Å². The molecule has 0 aliphatic rings. The Morgan fingerprint density at radius 1 is 1.32 bits per heavy atom. The first-order valence-corrected chi connectivity index (χ1v) is 7.08. The van der Waals surface area contributed by atoms with E-state index in [1.807, 2.05) is 0 Å². The zero-order valence-corrected chi connectivity index (χ0v) is 11.7. The smallest absolute Gasteiger partial charge is 0.0482 e. The van der Waals surface area contributed by atoms with Gasteiger partial charge in [0, 0.05) is 30.7 Å². The monoisotopic (exact) mass is 254 g/mol. The highest BCUT2D eigenvalue weighted by Crippen LogP contribution is 2.20. The van der Waals surface area contributed by atoms with Crippen molar-refractivity contribution in [3.05, 3.63) is 36.0 Å². The zero-order chi connectivity index (χ0) is 13.5. The normalized spacial score (nSPS) is 10.7. The fourth-order valence-electron chi connectivity index (χ4n) is 2.41. The van der Waals surface area contributed by atoms with Gasteiger partial charge in [0.2, 0.25) is 0 Å². The number of para-hydroxylation sites is 1. The van der Waals surface area contributed by atoms with Gasteiger partial charge in [-0.3, -0.25) is 0 Å². The van der Waals surface area contributed by atoms with Crippen LogP contribution in [0.25, 0.3) is 10.9 Å². The number of benzene rings is 1. The van der Waals surface area contributed by atoms with Crippen molar-refractivity contribution in [2.45, 2.75) is 39.3 Å². The molecule has 0 aliphatic carbocycles. The van der Waals surface area contributed by atoms with E-state index in [1.165, 1.54) is 16.6 Å². The van der Waals surface area contributed by atoms with Crippen LogP contribution in [0.1, 0.15) is 31.9 Å². The maximum Gasteiger partial charge on any atom is 0.0482 e.